The summed E-state index contributed by atoms with van der Waals surface area (Å²) in [6.07, 6.45) is 4.90. The first-order chi connectivity index (χ1) is 20.8. The van der Waals surface area contributed by atoms with Crippen LogP contribution in [0.2, 0.25) is 0 Å². The highest BCUT2D eigenvalue weighted by molar-refractivity contribution is 7.22. The summed E-state index contributed by atoms with van der Waals surface area (Å²) in [4.78, 5) is 38.4. The van der Waals surface area contributed by atoms with Crippen LogP contribution in [0.1, 0.15) is 54.7 Å². The summed E-state index contributed by atoms with van der Waals surface area (Å²) in [6, 6.07) is 15.6. The van der Waals surface area contributed by atoms with Gasteiger partial charge in [0.2, 0.25) is 0 Å². The number of aliphatic hydroxyl groups is 1. The fraction of sp³-hybridized carbons (Fsp3) is 0.273. The van der Waals surface area contributed by atoms with Crippen molar-refractivity contribution in [2.75, 3.05) is 18.6 Å². The summed E-state index contributed by atoms with van der Waals surface area (Å²) in [5.74, 6) is -0.630. The van der Waals surface area contributed by atoms with E-state index in [2.05, 4.69) is 6.92 Å². The Balaban J connectivity index is 1.52. The largest absolute Gasteiger partial charge is 0.505 e. The van der Waals surface area contributed by atoms with E-state index < -0.39 is 17.7 Å². The predicted molar refractivity (Wildman–Crippen MR) is 167 cm³/mol. The number of benzene rings is 2. The molecule has 4 heterocycles. The molecule has 0 radical (unpaired) electrons. The number of hydrogen-bond acceptors (Lipinski definition) is 8. The Morgan fingerprint density at radius 3 is 2.63 bits per heavy atom. The van der Waals surface area contributed by atoms with E-state index in [0.29, 0.717) is 45.7 Å². The normalized spacial score (nSPS) is 16.5. The maximum Gasteiger partial charge on any atom is 0.301 e. The number of aryl methyl sites for hydroxylation is 2. The van der Waals surface area contributed by atoms with Crippen LogP contribution in [0.25, 0.3) is 21.6 Å². The number of aromatic nitrogens is 3. The van der Waals surface area contributed by atoms with Crippen LogP contribution in [-0.4, -0.2) is 44.9 Å². The lowest BCUT2D eigenvalue weighted by Crippen LogP contribution is -2.29. The Morgan fingerprint density at radius 1 is 1.02 bits per heavy atom. The minimum atomic E-state index is -0.952. The molecule has 1 N–H and O–H groups in total. The Labute approximate surface area is 253 Å². The molecule has 5 aromatic rings. The van der Waals surface area contributed by atoms with E-state index in [0.717, 1.165) is 29.5 Å². The molecular formula is C33H32N4O5S. The topological polar surface area (TPSA) is 106 Å². The van der Waals surface area contributed by atoms with Gasteiger partial charge in [0.1, 0.15) is 22.8 Å². The second kappa shape index (κ2) is 11.5. The molecule has 0 aliphatic carbocycles. The monoisotopic (exact) mass is 596 g/mol. The van der Waals surface area contributed by atoms with Crippen molar-refractivity contribution in [3.63, 3.8) is 0 Å². The second-order valence-electron chi connectivity index (χ2n) is 10.6. The number of unbranched alkanes of at least 4 members (excludes halogenated alkanes) is 2. The number of aliphatic hydroxyl groups excluding tert-OH is 1. The molecule has 2 aromatic carbocycles. The van der Waals surface area contributed by atoms with Gasteiger partial charge in [-0.2, -0.15) is 0 Å². The average molecular weight is 597 g/mol. The van der Waals surface area contributed by atoms with E-state index >= 15 is 0 Å². The molecule has 220 valence electrons. The second-order valence-corrected chi connectivity index (χ2v) is 11.6. The van der Waals surface area contributed by atoms with Gasteiger partial charge in [-0.25, -0.2) is 9.97 Å². The molecule has 9 nitrogen and oxygen atoms in total. The standard InChI is InChI=1S/C33H32N4O5S/c1-5-6-7-16-42-23-12-8-11-21(17-23)28-26(29(38)27-20(3)36-15-9-10-19(2)31(36)35-27)30(39)32(40)37(28)33-34-24-14-13-22(41-4)18-25(24)43-33/h8-15,17-18,28,38H,5-7,16H2,1-4H3. The van der Waals surface area contributed by atoms with Gasteiger partial charge in [0, 0.05) is 6.20 Å². The number of methoxy groups -OCH3 is 1. The summed E-state index contributed by atoms with van der Waals surface area (Å²) >= 11 is 1.28. The summed E-state index contributed by atoms with van der Waals surface area (Å²) in [5.41, 5.74) is 3.72. The van der Waals surface area contributed by atoms with Gasteiger partial charge in [-0.3, -0.25) is 14.5 Å². The average Bonchev–Trinajstić information content (AvgIpc) is 3.67. The number of carbonyl (C=O) groups excluding carboxylic acids is 2. The van der Waals surface area contributed by atoms with Crippen molar-refractivity contribution in [2.45, 2.75) is 46.1 Å². The molecular weight excluding hydrogens is 564 g/mol. The van der Waals surface area contributed by atoms with Crippen molar-refractivity contribution < 1.29 is 24.2 Å². The number of amides is 1. The van der Waals surface area contributed by atoms with Crippen LogP contribution in [-0.2, 0) is 9.59 Å². The molecule has 1 saturated heterocycles. The van der Waals surface area contributed by atoms with Crippen molar-refractivity contribution in [3.05, 3.63) is 88.9 Å². The first-order valence-corrected chi connectivity index (χ1v) is 15.1. The number of nitrogens with zero attached hydrogens (tertiary/aromatic N) is 4. The molecule has 6 rings (SSSR count). The number of anilines is 1. The molecule has 10 heteroatoms. The Bertz CT molecular complexity index is 1910. The predicted octanol–water partition coefficient (Wildman–Crippen LogP) is 6.76. The quantitative estimate of drug-likeness (QED) is 0.0867. The summed E-state index contributed by atoms with van der Waals surface area (Å²) < 4.78 is 14.1. The number of hydrogen-bond donors (Lipinski definition) is 1. The molecule has 0 bridgehead atoms. The number of pyridine rings is 1. The zero-order chi connectivity index (χ0) is 30.2. The number of rotatable bonds is 9. The Morgan fingerprint density at radius 2 is 1.86 bits per heavy atom. The molecule has 3 aromatic heterocycles. The van der Waals surface area contributed by atoms with Crippen LogP contribution in [0.3, 0.4) is 0 Å². The summed E-state index contributed by atoms with van der Waals surface area (Å²) in [6.45, 7) is 6.44. The number of carbonyl (C=O) groups is 2. The molecule has 1 fully saturated rings. The van der Waals surface area contributed by atoms with Crippen LogP contribution in [0.4, 0.5) is 5.13 Å². The Hall–Kier alpha value is -4.70. The lowest BCUT2D eigenvalue weighted by atomic mass is 9.96. The van der Waals surface area contributed by atoms with Crippen molar-refractivity contribution in [1.29, 1.82) is 0 Å². The molecule has 0 saturated carbocycles. The van der Waals surface area contributed by atoms with E-state index in [1.54, 1.807) is 13.2 Å². The van der Waals surface area contributed by atoms with Crippen molar-refractivity contribution in [1.82, 2.24) is 14.4 Å². The van der Waals surface area contributed by atoms with Crippen LogP contribution >= 0.6 is 11.3 Å². The Kier molecular flexibility index (Phi) is 7.62. The summed E-state index contributed by atoms with van der Waals surface area (Å²) in [7, 11) is 1.59. The molecule has 0 spiro atoms. The zero-order valence-electron chi connectivity index (χ0n) is 24.5. The van der Waals surface area contributed by atoms with E-state index in [4.69, 9.17) is 19.4 Å². The molecule has 1 aliphatic heterocycles. The number of fused-ring (bicyclic) bond motifs is 2. The summed E-state index contributed by atoms with van der Waals surface area (Å²) in [5, 5.41) is 12.1. The zero-order valence-corrected chi connectivity index (χ0v) is 25.3. The van der Waals surface area contributed by atoms with Crippen molar-refractivity contribution >= 4 is 49.8 Å². The van der Waals surface area contributed by atoms with Gasteiger partial charge in [0.05, 0.1) is 41.2 Å². The molecule has 1 aliphatic rings. The minimum absolute atomic E-state index is 0.0471. The van der Waals surface area contributed by atoms with Crippen molar-refractivity contribution in [3.8, 4) is 11.5 Å². The number of imidazole rings is 1. The fourth-order valence-electron chi connectivity index (χ4n) is 5.46. The highest BCUT2D eigenvalue weighted by atomic mass is 32.1. The van der Waals surface area contributed by atoms with Gasteiger partial charge in [0.25, 0.3) is 5.78 Å². The third-order valence-corrected chi connectivity index (χ3v) is 8.75. The lowest BCUT2D eigenvalue weighted by molar-refractivity contribution is -0.132. The SMILES string of the molecule is CCCCCOc1cccc(C2C(=C(O)c3nc4c(C)cccn4c3C)C(=O)C(=O)N2c2nc3ccc(OC)cc3s2)c1. The van der Waals surface area contributed by atoms with Gasteiger partial charge in [-0.1, -0.05) is 49.3 Å². The van der Waals surface area contributed by atoms with Crippen LogP contribution in [0.5, 0.6) is 11.5 Å². The van der Waals surface area contributed by atoms with E-state index in [9.17, 15) is 14.7 Å². The minimum Gasteiger partial charge on any atom is -0.505 e. The highest BCUT2D eigenvalue weighted by Crippen LogP contribution is 2.45. The number of ketones is 1. The van der Waals surface area contributed by atoms with E-state index in [1.807, 2.05) is 73.0 Å². The van der Waals surface area contributed by atoms with Crippen LogP contribution in [0.15, 0.2) is 66.4 Å². The first-order valence-electron chi connectivity index (χ1n) is 14.2. The van der Waals surface area contributed by atoms with Crippen LogP contribution in [0, 0.1) is 13.8 Å². The third-order valence-electron chi connectivity index (χ3n) is 7.73. The molecule has 1 amide bonds. The smallest absolute Gasteiger partial charge is 0.301 e. The van der Waals surface area contributed by atoms with Gasteiger partial charge >= 0.3 is 5.91 Å². The first kappa shape index (κ1) is 28.4. The molecule has 43 heavy (non-hydrogen) atoms. The fourth-order valence-corrected chi connectivity index (χ4v) is 6.48. The molecule has 1 unspecified atom stereocenters. The highest BCUT2D eigenvalue weighted by Gasteiger charge is 2.48. The van der Waals surface area contributed by atoms with Gasteiger partial charge in [0.15, 0.2) is 10.9 Å². The number of Topliss-reactive ketones (excluding diaryl/α,β-unsaturated/α-hetero) is 1. The van der Waals surface area contributed by atoms with Gasteiger partial charge < -0.3 is 19.0 Å². The third kappa shape index (κ3) is 5.01. The van der Waals surface area contributed by atoms with Crippen molar-refractivity contribution in [2.24, 2.45) is 0 Å². The van der Waals surface area contributed by atoms with E-state index in [1.165, 1.54) is 16.2 Å². The van der Waals surface area contributed by atoms with Gasteiger partial charge in [-0.05, 0) is 67.8 Å². The van der Waals surface area contributed by atoms with E-state index in [-0.39, 0.29) is 17.0 Å². The maximum atomic E-state index is 13.8. The van der Waals surface area contributed by atoms with Crippen LogP contribution < -0.4 is 14.4 Å². The lowest BCUT2D eigenvalue weighted by Gasteiger charge is -2.23. The molecule has 1 atom stereocenters. The number of thiazole rings is 1. The maximum absolute atomic E-state index is 13.8. The number of ether oxygens (including phenoxy) is 2. The van der Waals surface area contributed by atoms with Gasteiger partial charge in [-0.15, -0.1) is 0 Å².